The summed E-state index contributed by atoms with van der Waals surface area (Å²) in [4.78, 5) is 21.3. The summed E-state index contributed by atoms with van der Waals surface area (Å²) in [6, 6.07) is 4.06. The Labute approximate surface area is 108 Å². The van der Waals surface area contributed by atoms with Crippen LogP contribution in [0.2, 0.25) is 0 Å². The molecule has 0 spiro atoms. The molecule has 1 aromatic carbocycles. The summed E-state index contributed by atoms with van der Waals surface area (Å²) in [5, 5.41) is 20.5. The standard InChI is InChI=1S/C12H13N3O4/c1-7(13)4-8-6-14(12(16)17)11-5-9(15(18)19)2-3-10(8)11/h2-3,5-7H,4,13H2,1H3,(H,16,17)/t7-/m1/s1. The maximum absolute atomic E-state index is 11.2. The molecule has 0 aliphatic heterocycles. The van der Waals surface area contributed by atoms with E-state index in [0.717, 1.165) is 10.1 Å². The van der Waals surface area contributed by atoms with Crippen LogP contribution in [0.3, 0.4) is 0 Å². The molecule has 7 nitrogen and oxygen atoms in total. The number of carbonyl (C=O) groups is 1. The van der Waals surface area contributed by atoms with Crippen molar-refractivity contribution in [3.63, 3.8) is 0 Å². The Bertz CT molecular complexity index is 660. The van der Waals surface area contributed by atoms with Gasteiger partial charge in [0.2, 0.25) is 0 Å². The van der Waals surface area contributed by atoms with E-state index in [0.29, 0.717) is 17.3 Å². The number of benzene rings is 1. The zero-order valence-electron chi connectivity index (χ0n) is 10.2. The van der Waals surface area contributed by atoms with Crippen LogP contribution in [-0.2, 0) is 6.42 Å². The van der Waals surface area contributed by atoms with Gasteiger partial charge in [0.25, 0.3) is 5.69 Å². The first-order valence-corrected chi connectivity index (χ1v) is 5.67. The molecule has 0 radical (unpaired) electrons. The number of nitro benzene ring substituents is 1. The van der Waals surface area contributed by atoms with Gasteiger partial charge in [0, 0.05) is 29.8 Å². The van der Waals surface area contributed by atoms with Crippen molar-refractivity contribution in [3.05, 3.63) is 40.1 Å². The molecular weight excluding hydrogens is 250 g/mol. The number of fused-ring (bicyclic) bond motifs is 1. The summed E-state index contributed by atoms with van der Waals surface area (Å²) < 4.78 is 0.986. The van der Waals surface area contributed by atoms with E-state index in [1.807, 2.05) is 6.92 Å². The molecule has 0 amide bonds. The van der Waals surface area contributed by atoms with Crippen LogP contribution in [0.25, 0.3) is 10.9 Å². The van der Waals surface area contributed by atoms with E-state index >= 15 is 0 Å². The van der Waals surface area contributed by atoms with Gasteiger partial charge in [0.15, 0.2) is 0 Å². The Morgan fingerprint density at radius 1 is 1.58 bits per heavy atom. The molecule has 7 heteroatoms. The van der Waals surface area contributed by atoms with Crippen LogP contribution >= 0.6 is 0 Å². The molecule has 1 heterocycles. The van der Waals surface area contributed by atoms with Gasteiger partial charge in [-0.3, -0.25) is 14.7 Å². The number of rotatable bonds is 3. The van der Waals surface area contributed by atoms with E-state index in [1.165, 1.54) is 18.3 Å². The SMILES string of the molecule is C[C@@H](N)Cc1cn(C(=O)O)c2cc([N+](=O)[O-])ccc12. The third-order valence-corrected chi connectivity index (χ3v) is 2.83. The molecule has 0 aliphatic carbocycles. The second-order valence-corrected chi connectivity index (χ2v) is 4.45. The lowest BCUT2D eigenvalue weighted by atomic mass is 10.1. The smallest absolute Gasteiger partial charge is 0.416 e. The fourth-order valence-corrected chi connectivity index (χ4v) is 2.07. The molecule has 2 aromatic rings. The van der Waals surface area contributed by atoms with Gasteiger partial charge in [-0.25, -0.2) is 4.79 Å². The first-order chi connectivity index (χ1) is 8.90. The quantitative estimate of drug-likeness (QED) is 0.649. The summed E-state index contributed by atoms with van der Waals surface area (Å²) in [5.74, 6) is 0. The Kier molecular flexibility index (Phi) is 3.22. The highest BCUT2D eigenvalue weighted by molar-refractivity contribution is 5.92. The van der Waals surface area contributed by atoms with Crippen LogP contribution in [0.1, 0.15) is 12.5 Å². The lowest BCUT2D eigenvalue weighted by Crippen LogP contribution is -2.17. The molecule has 1 atom stereocenters. The lowest BCUT2D eigenvalue weighted by molar-refractivity contribution is -0.384. The summed E-state index contributed by atoms with van der Waals surface area (Å²) in [7, 11) is 0. The monoisotopic (exact) mass is 263 g/mol. The van der Waals surface area contributed by atoms with E-state index in [-0.39, 0.29) is 11.7 Å². The molecule has 0 saturated carbocycles. The average Bonchev–Trinajstić information content (AvgIpc) is 2.66. The van der Waals surface area contributed by atoms with Gasteiger partial charge in [-0.15, -0.1) is 0 Å². The van der Waals surface area contributed by atoms with Gasteiger partial charge in [-0.2, -0.15) is 0 Å². The van der Waals surface area contributed by atoms with Crippen LogP contribution in [0, 0.1) is 10.1 Å². The van der Waals surface area contributed by atoms with Gasteiger partial charge < -0.3 is 10.8 Å². The predicted molar refractivity (Wildman–Crippen MR) is 69.4 cm³/mol. The van der Waals surface area contributed by atoms with Crippen LogP contribution in [-0.4, -0.2) is 26.7 Å². The van der Waals surface area contributed by atoms with Crippen molar-refractivity contribution in [2.45, 2.75) is 19.4 Å². The first-order valence-electron chi connectivity index (χ1n) is 5.67. The minimum Gasteiger partial charge on any atom is -0.464 e. The summed E-state index contributed by atoms with van der Waals surface area (Å²) in [5.41, 5.74) is 6.64. The fourth-order valence-electron chi connectivity index (χ4n) is 2.07. The second kappa shape index (κ2) is 4.69. The van der Waals surface area contributed by atoms with Gasteiger partial charge in [0.05, 0.1) is 10.4 Å². The van der Waals surface area contributed by atoms with Crippen LogP contribution in [0.4, 0.5) is 10.5 Å². The average molecular weight is 263 g/mol. The Balaban J connectivity index is 2.67. The topological polar surface area (TPSA) is 111 Å². The number of carboxylic acid groups (broad SMARTS) is 1. The summed E-state index contributed by atoms with van der Waals surface area (Å²) >= 11 is 0. The van der Waals surface area contributed by atoms with Crippen molar-refractivity contribution < 1.29 is 14.8 Å². The highest BCUT2D eigenvalue weighted by Crippen LogP contribution is 2.26. The van der Waals surface area contributed by atoms with Crippen molar-refractivity contribution in [1.82, 2.24) is 4.57 Å². The zero-order chi connectivity index (χ0) is 14.2. The zero-order valence-corrected chi connectivity index (χ0v) is 10.2. The molecule has 0 unspecified atom stereocenters. The number of aromatic nitrogens is 1. The normalized spacial score (nSPS) is 12.5. The van der Waals surface area contributed by atoms with Crippen LogP contribution < -0.4 is 5.73 Å². The molecule has 19 heavy (non-hydrogen) atoms. The molecule has 3 N–H and O–H groups in total. The molecule has 0 fully saturated rings. The molecule has 0 saturated heterocycles. The Hall–Kier alpha value is -2.41. The van der Waals surface area contributed by atoms with Crippen molar-refractivity contribution in [2.75, 3.05) is 0 Å². The molecule has 0 aliphatic rings. The van der Waals surface area contributed by atoms with E-state index in [9.17, 15) is 14.9 Å². The summed E-state index contributed by atoms with van der Waals surface area (Å²) in [6.45, 7) is 1.81. The van der Waals surface area contributed by atoms with E-state index < -0.39 is 11.0 Å². The maximum atomic E-state index is 11.2. The molecule has 1 aromatic heterocycles. The second-order valence-electron chi connectivity index (χ2n) is 4.45. The molecular formula is C12H13N3O4. The highest BCUT2D eigenvalue weighted by atomic mass is 16.6. The Morgan fingerprint density at radius 3 is 2.79 bits per heavy atom. The van der Waals surface area contributed by atoms with Gasteiger partial charge in [0.1, 0.15) is 0 Å². The van der Waals surface area contributed by atoms with E-state index in [2.05, 4.69) is 0 Å². The number of hydrogen-bond acceptors (Lipinski definition) is 4. The van der Waals surface area contributed by atoms with E-state index in [1.54, 1.807) is 6.07 Å². The lowest BCUT2D eigenvalue weighted by Gasteiger charge is -2.02. The van der Waals surface area contributed by atoms with Crippen molar-refractivity contribution in [2.24, 2.45) is 5.73 Å². The van der Waals surface area contributed by atoms with Crippen LogP contribution in [0.15, 0.2) is 24.4 Å². The number of nitrogens with zero attached hydrogens (tertiary/aromatic N) is 2. The number of non-ortho nitro benzene ring substituents is 1. The number of nitro groups is 1. The number of hydrogen-bond donors (Lipinski definition) is 2. The van der Waals surface area contributed by atoms with Gasteiger partial charge >= 0.3 is 6.09 Å². The predicted octanol–water partition coefficient (Wildman–Crippen LogP) is 1.97. The molecule has 2 rings (SSSR count). The van der Waals surface area contributed by atoms with Crippen LogP contribution in [0.5, 0.6) is 0 Å². The number of nitrogens with two attached hydrogens (primary N) is 1. The van der Waals surface area contributed by atoms with Crippen molar-refractivity contribution in [3.8, 4) is 0 Å². The van der Waals surface area contributed by atoms with Gasteiger partial charge in [-0.05, 0) is 25.0 Å². The minimum atomic E-state index is -1.18. The minimum absolute atomic E-state index is 0.122. The maximum Gasteiger partial charge on any atom is 0.416 e. The van der Waals surface area contributed by atoms with Crippen molar-refractivity contribution in [1.29, 1.82) is 0 Å². The fraction of sp³-hybridized carbons (Fsp3) is 0.250. The van der Waals surface area contributed by atoms with Gasteiger partial charge in [-0.1, -0.05) is 0 Å². The van der Waals surface area contributed by atoms with Crippen molar-refractivity contribution >= 4 is 22.7 Å². The largest absolute Gasteiger partial charge is 0.464 e. The third kappa shape index (κ3) is 2.41. The molecule has 100 valence electrons. The highest BCUT2D eigenvalue weighted by Gasteiger charge is 2.16. The molecule has 0 bridgehead atoms. The third-order valence-electron chi connectivity index (χ3n) is 2.83. The Morgan fingerprint density at radius 2 is 2.26 bits per heavy atom. The van der Waals surface area contributed by atoms with E-state index in [4.69, 9.17) is 10.8 Å². The first kappa shape index (κ1) is 13.0. The summed E-state index contributed by atoms with van der Waals surface area (Å²) in [6.07, 6.45) is 0.788.